The Bertz CT molecular complexity index is 603. The molecule has 0 radical (unpaired) electrons. The third-order valence-corrected chi connectivity index (χ3v) is 3.61. The minimum absolute atomic E-state index is 0.226. The highest BCUT2D eigenvalue weighted by atomic mass is 16.5. The Balaban J connectivity index is 1.94. The van der Waals surface area contributed by atoms with Crippen LogP contribution in [0.25, 0.3) is 0 Å². The molecule has 3 amide bonds. The lowest BCUT2D eigenvalue weighted by molar-refractivity contribution is -0.127. The summed E-state index contributed by atoms with van der Waals surface area (Å²) in [5.41, 5.74) is 1.81. The second-order valence-electron chi connectivity index (χ2n) is 5.33. The molecular weight excluding hydrogens is 298 g/mol. The molecule has 2 rings (SSSR count). The van der Waals surface area contributed by atoms with Gasteiger partial charge in [-0.05, 0) is 38.3 Å². The summed E-state index contributed by atoms with van der Waals surface area (Å²) in [5, 5.41) is 7.89. The number of carbonyl (C=O) groups excluding carboxylic acids is 3. The number of hydrogen-bond donors (Lipinski definition) is 3. The van der Waals surface area contributed by atoms with E-state index in [1.165, 1.54) is 6.92 Å². The van der Waals surface area contributed by atoms with E-state index in [9.17, 15) is 14.4 Å². The van der Waals surface area contributed by atoms with Crippen molar-refractivity contribution < 1.29 is 19.1 Å². The van der Waals surface area contributed by atoms with Crippen LogP contribution in [0.15, 0.2) is 24.3 Å². The number of hydrogen-bond acceptors (Lipinski definition) is 4. The first kappa shape index (κ1) is 16.8. The molecule has 7 nitrogen and oxygen atoms in total. The molecule has 0 saturated heterocycles. The fourth-order valence-electron chi connectivity index (χ4n) is 2.36. The lowest BCUT2D eigenvalue weighted by Gasteiger charge is -2.19. The van der Waals surface area contributed by atoms with E-state index < -0.39 is 24.1 Å². The van der Waals surface area contributed by atoms with E-state index in [1.807, 2.05) is 24.3 Å². The topological polar surface area (TPSA) is 96.5 Å². The van der Waals surface area contributed by atoms with Gasteiger partial charge in [0.05, 0.1) is 6.61 Å². The van der Waals surface area contributed by atoms with Gasteiger partial charge in [0.25, 0.3) is 0 Å². The Morgan fingerprint density at radius 1 is 1.39 bits per heavy atom. The SMILES string of the molecule is CCOC(=O)N[C@@H](C)C(=O)N[C@H]1CCc2ccccc2NC1=O. The molecule has 1 heterocycles. The number of para-hydroxylation sites is 1. The molecule has 0 bridgehead atoms. The molecule has 1 aliphatic heterocycles. The van der Waals surface area contributed by atoms with E-state index in [2.05, 4.69) is 16.0 Å². The molecule has 3 N–H and O–H groups in total. The molecule has 7 heteroatoms. The highest BCUT2D eigenvalue weighted by Gasteiger charge is 2.27. The van der Waals surface area contributed by atoms with Crippen LogP contribution in [-0.4, -0.2) is 36.6 Å². The standard InChI is InChI=1S/C16H21N3O4/c1-3-23-16(22)17-10(2)14(20)19-13-9-8-11-6-4-5-7-12(11)18-15(13)21/h4-7,10,13H,3,8-9H2,1-2H3,(H,17,22)(H,18,21)(H,19,20)/t10-,13-/m0/s1. The Hall–Kier alpha value is -2.57. The third-order valence-electron chi connectivity index (χ3n) is 3.61. The van der Waals surface area contributed by atoms with Gasteiger partial charge in [-0.15, -0.1) is 0 Å². The minimum atomic E-state index is -0.785. The zero-order chi connectivity index (χ0) is 16.8. The van der Waals surface area contributed by atoms with Gasteiger partial charge >= 0.3 is 6.09 Å². The maximum absolute atomic E-state index is 12.2. The summed E-state index contributed by atoms with van der Waals surface area (Å²) in [6.07, 6.45) is 0.521. The quantitative estimate of drug-likeness (QED) is 0.776. The van der Waals surface area contributed by atoms with Crippen molar-refractivity contribution >= 4 is 23.6 Å². The summed E-state index contributed by atoms with van der Waals surface area (Å²) in [5.74, 6) is -0.684. The van der Waals surface area contributed by atoms with Gasteiger partial charge in [-0.3, -0.25) is 9.59 Å². The van der Waals surface area contributed by atoms with Gasteiger partial charge in [0.2, 0.25) is 11.8 Å². The van der Waals surface area contributed by atoms with Crippen molar-refractivity contribution in [3.05, 3.63) is 29.8 Å². The van der Waals surface area contributed by atoms with E-state index in [0.717, 1.165) is 11.3 Å². The Labute approximate surface area is 134 Å². The van der Waals surface area contributed by atoms with Crippen LogP contribution < -0.4 is 16.0 Å². The van der Waals surface area contributed by atoms with E-state index >= 15 is 0 Å². The van der Waals surface area contributed by atoms with Crippen molar-refractivity contribution in [3.63, 3.8) is 0 Å². The van der Waals surface area contributed by atoms with Crippen LogP contribution in [0.5, 0.6) is 0 Å². The number of aryl methyl sites for hydroxylation is 1. The van der Waals surface area contributed by atoms with Crippen LogP contribution in [0.3, 0.4) is 0 Å². The van der Waals surface area contributed by atoms with Crippen LogP contribution in [0.2, 0.25) is 0 Å². The molecule has 1 aromatic carbocycles. The van der Waals surface area contributed by atoms with Crippen LogP contribution in [0, 0.1) is 0 Å². The number of carbonyl (C=O) groups is 3. The van der Waals surface area contributed by atoms with Crippen molar-refractivity contribution in [2.75, 3.05) is 11.9 Å². The number of benzene rings is 1. The molecule has 0 fully saturated rings. The van der Waals surface area contributed by atoms with Crippen molar-refractivity contribution in [2.24, 2.45) is 0 Å². The molecule has 0 aliphatic carbocycles. The fraction of sp³-hybridized carbons (Fsp3) is 0.438. The van der Waals surface area contributed by atoms with E-state index in [0.29, 0.717) is 12.8 Å². The lowest BCUT2D eigenvalue weighted by Crippen LogP contribution is -2.51. The Morgan fingerprint density at radius 2 is 2.13 bits per heavy atom. The fourth-order valence-corrected chi connectivity index (χ4v) is 2.36. The molecule has 23 heavy (non-hydrogen) atoms. The second-order valence-corrected chi connectivity index (χ2v) is 5.33. The molecule has 0 unspecified atom stereocenters. The molecule has 1 aliphatic rings. The van der Waals surface area contributed by atoms with Gasteiger partial charge < -0.3 is 20.7 Å². The maximum Gasteiger partial charge on any atom is 0.407 e. The molecule has 0 spiro atoms. The second kappa shape index (κ2) is 7.62. The minimum Gasteiger partial charge on any atom is -0.450 e. The Morgan fingerprint density at radius 3 is 2.87 bits per heavy atom. The maximum atomic E-state index is 12.2. The third kappa shape index (κ3) is 4.45. The van der Waals surface area contributed by atoms with Crippen molar-refractivity contribution in [1.29, 1.82) is 0 Å². The predicted molar refractivity (Wildman–Crippen MR) is 84.9 cm³/mol. The molecule has 0 saturated carbocycles. The highest BCUT2D eigenvalue weighted by molar-refractivity contribution is 5.99. The van der Waals surface area contributed by atoms with Gasteiger partial charge in [-0.1, -0.05) is 18.2 Å². The first-order valence-corrected chi connectivity index (χ1v) is 7.63. The summed E-state index contributed by atoms with van der Waals surface area (Å²) < 4.78 is 4.73. The molecule has 0 aromatic heterocycles. The zero-order valence-corrected chi connectivity index (χ0v) is 13.2. The number of fused-ring (bicyclic) bond motifs is 1. The van der Waals surface area contributed by atoms with Gasteiger partial charge in [0.1, 0.15) is 12.1 Å². The summed E-state index contributed by atoms with van der Waals surface area (Å²) in [4.78, 5) is 35.7. The highest BCUT2D eigenvalue weighted by Crippen LogP contribution is 2.21. The van der Waals surface area contributed by atoms with Crippen molar-refractivity contribution in [2.45, 2.75) is 38.8 Å². The number of rotatable bonds is 4. The summed E-state index contributed by atoms with van der Waals surface area (Å²) in [6.45, 7) is 3.44. The zero-order valence-electron chi connectivity index (χ0n) is 13.2. The molecule has 1 aromatic rings. The van der Waals surface area contributed by atoms with Gasteiger partial charge in [-0.2, -0.15) is 0 Å². The summed E-state index contributed by atoms with van der Waals surface area (Å²) in [7, 11) is 0. The normalized spacial score (nSPS) is 18.0. The van der Waals surface area contributed by atoms with Crippen LogP contribution in [0.4, 0.5) is 10.5 Å². The first-order chi connectivity index (χ1) is 11.0. The summed E-state index contributed by atoms with van der Waals surface area (Å²) in [6, 6.07) is 6.12. The first-order valence-electron chi connectivity index (χ1n) is 7.63. The molecule has 2 atom stereocenters. The smallest absolute Gasteiger partial charge is 0.407 e. The largest absolute Gasteiger partial charge is 0.450 e. The van der Waals surface area contributed by atoms with Crippen LogP contribution in [0.1, 0.15) is 25.8 Å². The number of anilines is 1. The van der Waals surface area contributed by atoms with Crippen molar-refractivity contribution in [3.8, 4) is 0 Å². The van der Waals surface area contributed by atoms with Crippen LogP contribution in [-0.2, 0) is 20.7 Å². The number of ether oxygens (including phenoxy) is 1. The Kier molecular flexibility index (Phi) is 5.56. The van der Waals surface area contributed by atoms with Gasteiger partial charge in [0.15, 0.2) is 0 Å². The van der Waals surface area contributed by atoms with Crippen molar-refractivity contribution in [1.82, 2.24) is 10.6 Å². The average molecular weight is 319 g/mol. The van der Waals surface area contributed by atoms with E-state index in [-0.39, 0.29) is 12.5 Å². The monoisotopic (exact) mass is 319 g/mol. The number of alkyl carbamates (subject to hydrolysis) is 1. The van der Waals surface area contributed by atoms with Gasteiger partial charge in [-0.25, -0.2) is 4.79 Å². The van der Waals surface area contributed by atoms with E-state index in [1.54, 1.807) is 6.92 Å². The number of nitrogens with one attached hydrogen (secondary N) is 3. The molecule has 124 valence electrons. The average Bonchev–Trinajstić information content (AvgIpc) is 2.67. The van der Waals surface area contributed by atoms with Gasteiger partial charge in [0, 0.05) is 5.69 Å². The number of amides is 3. The van der Waals surface area contributed by atoms with E-state index in [4.69, 9.17) is 4.74 Å². The lowest BCUT2D eigenvalue weighted by atomic mass is 10.1. The van der Waals surface area contributed by atoms with Crippen LogP contribution >= 0.6 is 0 Å². The molecular formula is C16H21N3O4. The predicted octanol–water partition coefficient (Wildman–Crippen LogP) is 1.19. The summed E-state index contributed by atoms with van der Waals surface area (Å²) >= 11 is 0.